The van der Waals surface area contributed by atoms with Crippen LogP contribution in [0, 0.1) is 0 Å². The zero-order valence-corrected chi connectivity index (χ0v) is 11.3. The van der Waals surface area contributed by atoms with Crippen LogP contribution in [-0.4, -0.2) is 63.5 Å². The van der Waals surface area contributed by atoms with Crippen molar-refractivity contribution in [3.63, 3.8) is 0 Å². The van der Waals surface area contributed by atoms with Crippen molar-refractivity contribution in [3.05, 3.63) is 0 Å². The van der Waals surface area contributed by atoms with Gasteiger partial charge in [0.15, 0.2) is 6.73 Å². The minimum atomic E-state index is -0.397. The van der Waals surface area contributed by atoms with Gasteiger partial charge in [-0.15, -0.1) is 6.61 Å². The molecule has 16 heavy (non-hydrogen) atoms. The van der Waals surface area contributed by atoms with Crippen LogP contribution in [0.15, 0.2) is 0 Å². The van der Waals surface area contributed by atoms with E-state index in [2.05, 4.69) is 30.4 Å². The maximum Gasteiger partial charge on any atom is 0.221 e. The second kappa shape index (κ2) is 11.7. The molecular formula is C10H24NO3P2+. The fourth-order valence-corrected chi connectivity index (χ4v) is 3.53. The fraction of sp³-hybridized carbons (Fsp3) is 0.800. The van der Waals surface area contributed by atoms with Gasteiger partial charge in [0.2, 0.25) is 15.4 Å². The molecule has 0 rings (SSSR count). The summed E-state index contributed by atoms with van der Waals surface area (Å²) in [6.45, 7) is 5.78. The third-order valence-corrected chi connectivity index (χ3v) is 5.23. The van der Waals surface area contributed by atoms with Gasteiger partial charge >= 0.3 is 0 Å². The smallest absolute Gasteiger partial charge is 0.221 e. The molecule has 0 aromatic carbocycles. The third-order valence-electron chi connectivity index (χ3n) is 1.59. The van der Waals surface area contributed by atoms with Gasteiger partial charge in [-0.25, -0.2) is 0 Å². The van der Waals surface area contributed by atoms with Crippen LogP contribution in [0.2, 0.25) is 0 Å². The molecule has 0 amide bonds. The molecule has 0 aliphatic heterocycles. The van der Waals surface area contributed by atoms with Crippen molar-refractivity contribution in [1.29, 1.82) is 0 Å². The number of rotatable bonds is 9. The molecular weight excluding hydrogens is 244 g/mol. The molecule has 96 valence electrons. The van der Waals surface area contributed by atoms with E-state index in [1.54, 1.807) is 0 Å². The van der Waals surface area contributed by atoms with Gasteiger partial charge in [-0.3, -0.25) is 0 Å². The summed E-state index contributed by atoms with van der Waals surface area (Å²) in [5.74, 6) is 0. The van der Waals surface area contributed by atoms with Crippen LogP contribution >= 0.6 is 15.4 Å². The van der Waals surface area contributed by atoms with Crippen molar-refractivity contribution >= 4 is 28.0 Å². The predicted molar refractivity (Wildman–Crippen MR) is 75.0 cm³/mol. The van der Waals surface area contributed by atoms with Gasteiger partial charge < -0.3 is 14.6 Å². The summed E-state index contributed by atoms with van der Waals surface area (Å²) < 4.78 is 12.6. The lowest BCUT2D eigenvalue weighted by molar-refractivity contribution is -0.374. The maximum atomic E-state index is 10.1. The summed E-state index contributed by atoms with van der Waals surface area (Å²) in [5, 5.41) is 10.1. The van der Waals surface area contributed by atoms with Gasteiger partial charge in [0, 0.05) is 6.61 Å². The first kappa shape index (κ1) is 18.5. The van der Waals surface area contributed by atoms with Crippen molar-refractivity contribution in [3.8, 4) is 0 Å². The number of hydrogen-bond donors (Lipinski definition) is 0. The molecule has 0 radical (unpaired) electrons. The molecule has 0 saturated carbocycles. The number of hydrogen-bond acceptors (Lipinski definition) is 4. The van der Waals surface area contributed by atoms with E-state index < -0.39 is 15.4 Å². The average Bonchev–Trinajstić information content (AvgIpc) is 2.15. The molecule has 6 heteroatoms. The van der Waals surface area contributed by atoms with Crippen LogP contribution in [-0.2, 0) is 9.47 Å². The van der Waals surface area contributed by atoms with Crippen LogP contribution in [0.25, 0.3) is 0 Å². The van der Waals surface area contributed by atoms with Crippen molar-refractivity contribution < 1.29 is 14.6 Å². The molecule has 0 spiro atoms. The average molecular weight is 268 g/mol. The Morgan fingerprint density at radius 3 is 2.00 bits per heavy atom. The molecule has 0 heterocycles. The van der Waals surface area contributed by atoms with Crippen LogP contribution in [0.4, 0.5) is 0 Å². The highest BCUT2D eigenvalue weighted by molar-refractivity contribution is 7.67. The summed E-state index contributed by atoms with van der Waals surface area (Å²) >= 11 is 0. The van der Waals surface area contributed by atoms with E-state index >= 15 is 0 Å². The summed E-state index contributed by atoms with van der Waals surface area (Å²) in [6, 6.07) is 0. The Morgan fingerprint density at radius 1 is 1.06 bits per heavy atom. The molecule has 0 N–H and O–H groups in total. The van der Waals surface area contributed by atoms with E-state index in [9.17, 15) is 5.11 Å². The molecule has 0 aliphatic rings. The number of nitrogens with zero attached hydrogens (tertiary/aromatic N) is 1. The summed E-state index contributed by atoms with van der Waals surface area (Å²) in [4.78, 5) is 0. The Labute approximate surface area is 101 Å². The summed E-state index contributed by atoms with van der Waals surface area (Å²) in [7, 11) is -0.794. The van der Waals surface area contributed by atoms with E-state index in [1.165, 1.54) is 0 Å². The van der Waals surface area contributed by atoms with Gasteiger partial charge in [0.25, 0.3) is 0 Å². The lowest BCUT2D eigenvalue weighted by Crippen LogP contribution is -2.17. The molecule has 0 fully saturated rings. The summed E-state index contributed by atoms with van der Waals surface area (Å²) in [6.07, 6.45) is 8.01. The largest absolute Gasteiger partial charge is 0.853 e. The maximum absolute atomic E-state index is 10.1. The first-order chi connectivity index (χ1) is 7.09. The molecule has 0 saturated heterocycles. The molecule has 0 bridgehead atoms. The minimum Gasteiger partial charge on any atom is -0.853 e. The highest BCUT2D eigenvalue weighted by Crippen LogP contribution is 2.36. The normalized spacial score (nSPS) is 12.2. The first-order valence-corrected chi connectivity index (χ1v) is 8.54. The van der Waals surface area contributed by atoms with Gasteiger partial charge in [0.1, 0.15) is 13.3 Å². The van der Waals surface area contributed by atoms with Crippen molar-refractivity contribution in [2.45, 2.75) is 7.43 Å². The topological polar surface area (TPSA) is 44.8 Å². The standard InChI is InChI=1S/C9H20NO3P2.CH4/c1-14(2)10(15(3)4)9-13-8-7-12-6-5-11;/h1,3,5-9H2,2,4H3;1H4/q+1;. The second-order valence-corrected chi connectivity index (χ2v) is 6.95. The Balaban J connectivity index is 0. The van der Waals surface area contributed by atoms with Gasteiger partial charge in [-0.2, -0.15) is 0 Å². The SMILES string of the molecule is C.C=[P+](C)N(COCCOCC[O-])[P+](=C)C. The van der Waals surface area contributed by atoms with Gasteiger partial charge in [0.05, 0.1) is 30.3 Å². The molecule has 0 aromatic rings. The fourth-order valence-electron chi connectivity index (χ4n) is 0.883. The highest BCUT2D eigenvalue weighted by Gasteiger charge is 2.24. The van der Waals surface area contributed by atoms with E-state index in [0.717, 1.165) is 0 Å². The van der Waals surface area contributed by atoms with Crippen molar-refractivity contribution in [1.82, 2.24) is 4.44 Å². The second-order valence-electron chi connectivity index (χ2n) is 3.04. The van der Waals surface area contributed by atoms with Crippen LogP contribution < -0.4 is 5.11 Å². The van der Waals surface area contributed by atoms with E-state index in [-0.39, 0.29) is 20.6 Å². The van der Waals surface area contributed by atoms with Gasteiger partial charge in [-0.05, 0) is 0 Å². The molecule has 2 atom stereocenters. The molecule has 0 aromatic heterocycles. The Hall–Kier alpha value is 0.180. The molecule has 0 aliphatic carbocycles. The predicted octanol–water partition coefficient (Wildman–Crippen LogP) is 1.19. The van der Waals surface area contributed by atoms with Crippen LogP contribution in [0.1, 0.15) is 7.43 Å². The number of ether oxygens (including phenoxy) is 2. The minimum absolute atomic E-state index is 0. The summed E-state index contributed by atoms with van der Waals surface area (Å²) in [5.41, 5.74) is 0. The third kappa shape index (κ3) is 9.41. The first-order valence-electron chi connectivity index (χ1n) is 4.69. The lowest BCUT2D eigenvalue weighted by Gasteiger charge is -2.08. The Bertz CT molecular complexity index is 198. The quantitative estimate of drug-likeness (QED) is 0.358. The zero-order valence-electron chi connectivity index (χ0n) is 9.52. The zero-order chi connectivity index (χ0) is 11.7. The Morgan fingerprint density at radius 2 is 1.56 bits per heavy atom. The Kier molecular flexibility index (Phi) is 13.5. The van der Waals surface area contributed by atoms with E-state index in [4.69, 9.17) is 9.47 Å². The van der Waals surface area contributed by atoms with Crippen LogP contribution in [0.3, 0.4) is 0 Å². The lowest BCUT2D eigenvalue weighted by atomic mass is 10.7. The molecule has 4 nitrogen and oxygen atoms in total. The van der Waals surface area contributed by atoms with Crippen LogP contribution in [0.5, 0.6) is 0 Å². The molecule has 2 unspecified atom stereocenters. The van der Waals surface area contributed by atoms with Gasteiger partial charge in [-0.1, -0.05) is 7.43 Å². The highest BCUT2D eigenvalue weighted by atomic mass is 31.2. The van der Waals surface area contributed by atoms with Crippen molar-refractivity contribution in [2.75, 3.05) is 46.5 Å². The van der Waals surface area contributed by atoms with E-state index in [0.29, 0.717) is 19.9 Å². The van der Waals surface area contributed by atoms with E-state index in [1.807, 2.05) is 0 Å². The monoisotopic (exact) mass is 268 g/mol. The van der Waals surface area contributed by atoms with Crippen molar-refractivity contribution in [2.24, 2.45) is 0 Å².